The Morgan fingerprint density at radius 3 is 2.55 bits per heavy atom. The minimum Gasteiger partial charge on any atom is -0.378 e. The number of anilines is 2. The molecule has 148 valence electrons. The molecule has 11 nitrogen and oxygen atoms in total. The van der Waals surface area contributed by atoms with Crippen LogP contribution in [0.5, 0.6) is 0 Å². The third kappa shape index (κ3) is 4.71. The fraction of sp³-hybridized carbons (Fsp3) is 0.176. The summed E-state index contributed by atoms with van der Waals surface area (Å²) >= 11 is 0. The SMILES string of the molecule is CN(C)c1ccc(/N=N/c2c(C#N)cnn2-c2ncccn2)c(NS(C)(=O)=O)c1. The van der Waals surface area contributed by atoms with Gasteiger partial charge >= 0.3 is 0 Å². The molecule has 0 aliphatic rings. The molecule has 0 saturated heterocycles. The lowest BCUT2D eigenvalue weighted by molar-refractivity contribution is 0.607. The molecule has 29 heavy (non-hydrogen) atoms. The molecule has 0 bridgehead atoms. The van der Waals surface area contributed by atoms with Crippen LogP contribution in [0.4, 0.5) is 22.9 Å². The Balaban J connectivity index is 2.07. The van der Waals surface area contributed by atoms with E-state index in [0.29, 0.717) is 0 Å². The first-order valence-corrected chi connectivity index (χ1v) is 10.1. The fourth-order valence-corrected chi connectivity index (χ4v) is 2.90. The smallest absolute Gasteiger partial charge is 0.252 e. The van der Waals surface area contributed by atoms with Crippen molar-refractivity contribution in [1.82, 2.24) is 19.7 Å². The monoisotopic (exact) mass is 411 g/mol. The minimum atomic E-state index is -3.54. The van der Waals surface area contributed by atoms with Crippen molar-refractivity contribution in [3.63, 3.8) is 0 Å². The number of sulfonamides is 1. The van der Waals surface area contributed by atoms with E-state index < -0.39 is 10.0 Å². The Labute approximate surface area is 167 Å². The molecule has 0 radical (unpaired) electrons. The zero-order chi connectivity index (χ0) is 21.0. The molecule has 0 amide bonds. The highest BCUT2D eigenvalue weighted by molar-refractivity contribution is 7.92. The highest BCUT2D eigenvalue weighted by atomic mass is 32.2. The molecule has 0 fully saturated rings. The second-order valence-corrected chi connectivity index (χ2v) is 7.87. The summed E-state index contributed by atoms with van der Waals surface area (Å²) in [5.41, 5.74) is 1.47. The lowest BCUT2D eigenvalue weighted by Gasteiger charge is -2.15. The Morgan fingerprint density at radius 1 is 1.21 bits per heavy atom. The highest BCUT2D eigenvalue weighted by Crippen LogP contribution is 2.32. The van der Waals surface area contributed by atoms with Crippen LogP contribution in [0.25, 0.3) is 5.95 Å². The van der Waals surface area contributed by atoms with Crippen LogP contribution in [-0.2, 0) is 10.0 Å². The van der Waals surface area contributed by atoms with Crippen molar-refractivity contribution in [2.24, 2.45) is 10.2 Å². The molecule has 0 atom stereocenters. The van der Waals surface area contributed by atoms with Crippen molar-refractivity contribution < 1.29 is 8.42 Å². The number of nitrogens with one attached hydrogen (secondary N) is 1. The number of hydrogen-bond acceptors (Lipinski definition) is 9. The fourth-order valence-electron chi connectivity index (χ4n) is 2.34. The maximum atomic E-state index is 11.7. The average molecular weight is 411 g/mol. The lowest BCUT2D eigenvalue weighted by atomic mass is 10.2. The minimum absolute atomic E-state index is 0.126. The van der Waals surface area contributed by atoms with E-state index in [-0.39, 0.29) is 28.7 Å². The predicted molar refractivity (Wildman–Crippen MR) is 107 cm³/mol. The van der Waals surface area contributed by atoms with Gasteiger partial charge in [-0.1, -0.05) is 0 Å². The first-order valence-electron chi connectivity index (χ1n) is 8.25. The van der Waals surface area contributed by atoms with Crippen LogP contribution in [0.1, 0.15) is 5.56 Å². The standard InChI is InChI=1S/C17H17N9O2S/c1-25(2)13-5-6-14(15(9-13)24-29(3,27)28)22-23-16-12(10-18)11-21-26(16)17-19-7-4-8-20-17/h4-9,11,24H,1-3H3/b23-22+. The molecule has 12 heteroatoms. The molecule has 1 aromatic carbocycles. The number of aromatic nitrogens is 4. The predicted octanol–water partition coefficient (Wildman–Crippen LogP) is 2.39. The summed E-state index contributed by atoms with van der Waals surface area (Å²) in [7, 11) is 0.125. The van der Waals surface area contributed by atoms with Crippen molar-refractivity contribution in [1.29, 1.82) is 5.26 Å². The molecular weight excluding hydrogens is 394 g/mol. The molecular formula is C17H17N9O2S. The van der Waals surface area contributed by atoms with Gasteiger partial charge in [0, 0.05) is 32.2 Å². The maximum absolute atomic E-state index is 11.7. The Morgan fingerprint density at radius 2 is 1.93 bits per heavy atom. The van der Waals surface area contributed by atoms with Crippen molar-refractivity contribution in [2.75, 3.05) is 30.0 Å². The van der Waals surface area contributed by atoms with Crippen molar-refractivity contribution in [3.05, 3.63) is 48.4 Å². The average Bonchev–Trinajstić information content (AvgIpc) is 3.09. The van der Waals surface area contributed by atoms with Gasteiger partial charge in [0.1, 0.15) is 17.3 Å². The molecule has 0 saturated carbocycles. The summed E-state index contributed by atoms with van der Waals surface area (Å²) < 4.78 is 27.2. The second kappa shape index (κ2) is 8.03. The topological polar surface area (TPSA) is 142 Å². The van der Waals surface area contributed by atoms with Gasteiger partial charge in [0.25, 0.3) is 5.95 Å². The number of nitrogens with zero attached hydrogens (tertiary/aromatic N) is 8. The highest BCUT2D eigenvalue weighted by Gasteiger charge is 2.15. The lowest BCUT2D eigenvalue weighted by Crippen LogP contribution is -2.12. The first-order chi connectivity index (χ1) is 13.8. The van der Waals surface area contributed by atoms with Gasteiger partial charge in [-0.05, 0) is 24.3 Å². The normalized spacial score (nSPS) is 11.4. The number of hydrogen-bond donors (Lipinski definition) is 1. The number of azo groups is 1. The summed E-state index contributed by atoms with van der Waals surface area (Å²) in [5.74, 6) is 0.348. The summed E-state index contributed by atoms with van der Waals surface area (Å²) in [6, 6.07) is 8.66. The molecule has 2 aromatic heterocycles. The molecule has 0 spiro atoms. The third-order valence-corrected chi connectivity index (χ3v) is 4.24. The van der Waals surface area contributed by atoms with Gasteiger partial charge in [-0.2, -0.15) is 15.0 Å². The quantitative estimate of drug-likeness (QED) is 0.614. The number of benzene rings is 1. The van der Waals surface area contributed by atoms with E-state index in [1.807, 2.05) is 25.1 Å². The zero-order valence-electron chi connectivity index (χ0n) is 15.8. The second-order valence-electron chi connectivity index (χ2n) is 6.12. The van der Waals surface area contributed by atoms with E-state index in [4.69, 9.17) is 0 Å². The van der Waals surface area contributed by atoms with E-state index in [0.717, 1.165) is 11.9 Å². The van der Waals surface area contributed by atoms with E-state index in [1.54, 1.807) is 24.3 Å². The van der Waals surface area contributed by atoms with Gasteiger partial charge in [-0.25, -0.2) is 18.4 Å². The van der Waals surface area contributed by atoms with Gasteiger partial charge in [0.2, 0.25) is 10.0 Å². The van der Waals surface area contributed by atoms with Gasteiger partial charge in [-0.3, -0.25) is 4.72 Å². The molecule has 3 rings (SSSR count). The number of rotatable bonds is 6. The van der Waals surface area contributed by atoms with E-state index in [9.17, 15) is 13.7 Å². The molecule has 0 unspecified atom stereocenters. The Hall–Kier alpha value is -3.85. The van der Waals surface area contributed by atoms with Crippen molar-refractivity contribution >= 4 is 32.9 Å². The van der Waals surface area contributed by atoms with Crippen molar-refractivity contribution in [2.45, 2.75) is 0 Å². The van der Waals surface area contributed by atoms with Crippen LogP contribution in [0.15, 0.2) is 53.1 Å². The van der Waals surface area contributed by atoms with Crippen LogP contribution in [0.2, 0.25) is 0 Å². The van der Waals surface area contributed by atoms with Gasteiger partial charge < -0.3 is 4.90 Å². The van der Waals surface area contributed by atoms with Gasteiger partial charge in [0.15, 0.2) is 5.82 Å². The van der Waals surface area contributed by atoms with E-state index in [1.165, 1.54) is 23.3 Å². The molecule has 1 N–H and O–H groups in total. The number of nitriles is 1. The first kappa shape index (κ1) is 19.9. The Kier molecular flexibility index (Phi) is 5.51. The zero-order valence-corrected chi connectivity index (χ0v) is 16.7. The van der Waals surface area contributed by atoms with Crippen LogP contribution in [0.3, 0.4) is 0 Å². The molecule has 0 aliphatic carbocycles. The summed E-state index contributed by atoms with van der Waals surface area (Å²) in [6.07, 6.45) is 5.44. The summed E-state index contributed by atoms with van der Waals surface area (Å²) in [5, 5.41) is 21.7. The van der Waals surface area contributed by atoms with Gasteiger partial charge in [0.05, 0.1) is 18.1 Å². The summed E-state index contributed by atoms with van der Waals surface area (Å²) in [6.45, 7) is 0. The van der Waals surface area contributed by atoms with Crippen LogP contribution >= 0.6 is 0 Å². The van der Waals surface area contributed by atoms with Crippen LogP contribution in [0, 0.1) is 11.3 Å². The maximum Gasteiger partial charge on any atom is 0.252 e. The van der Waals surface area contributed by atoms with Crippen LogP contribution < -0.4 is 9.62 Å². The third-order valence-electron chi connectivity index (χ3n) is 3.65. The summed E-state index contributed by atoms with van der Waals surface area (Å²) in [4.78, 5) is 10.0. The molecule has 0 aliphatic heterocycles. The van der Waals surface area contributed by atoms with Gasteiger partial charge in [-0.15, -0.1) is 10.2 Å². The molecule has 2 heterocycles. The largest absolute Gasteiger partial charge is 0.378 e. The van der Waals surface area contributed by atoms with E-state index in [2.05, 4.69) is 30.0 Å². The Bertz CT molecular complexity index is 1200. The molecule has 3 aromatic rings. The van der Waals surface area contributed by atoms with Crippen LogP contribution in [-0.4, -0.2) is 48.5 Å². The van der Waals surface area contributed by atoms with E-state index >= 15 is 0 Å². The van der Waals surface area contributed by atoms with Crippen molar-refractivity contribution in [3.8, 4) is 12.0 Å².